The second-order valence-electron chi connectivity index (χ2n) is 4.59. The topological polar surface area (TPSA) is 73.1 Å². The molecule has 7 heteroatoms. The minimum Gasteiger partial charge on any atom is -0.493 e. The van der Waals surface area contributed by atoms with Gasteiger partial charge < -0.3 is 9.84 Å². The number of rotatable bonds is 5. The first-order chi connectivity index (χ1) is 9.88. The van der Waals surface area contributed by atoms with E-state index in [1.807, 2.05) is 18.2 Å². The second-order valence-corrected chi connectivity index (χ2v) is 5.58. The van der Waals surface area contributed by atoms with Crippen molar-refractivity contribution < 1.29 is 9.84 Å². The van der Waals surface area contributed by atoms with Crippen molar-refractivity contribution in [3.8, 4) is 5.75 Å². The maximum atomic E-state index is 8.97. The lowest BCUT2D eigenvalue weighted by Crippen LogP contribution is -2.16. The van der Waals surface area contributed by atoms with Crippen LogP contribution in [0.5, 0.6) is 5.75 Å². The van der Waals surface area contributed by atoms with Gasteiger partial charge in [-0.3, -0.25) is 0 Å². The Morgan fingerprint density at radius 2 is 2.30 bits per heavy atom. The fraction of sp³-hybridized carbons (Fsp3) is 0.462. The summed E-state index contributed by atoms with van der Waals surface area (Å²) in [6.07, 6.45) is 1.01. The maximum absolute atomic E-state index is 8.97. The summed E-state index contributed by atoms with van der Waals surface area (Å²) >= 11 is 1.62. The minimum absolute atomic E-state index is 0.0404. The lowest BCUT2D eigenvalue weighted by molar-refractivity contribution is 0.262. The SMILES string of the molecule is OCCn1nnnc1SCC1CCOc2ccccc21. The van der Waals surface area contributed by atoms with Gasteiger partial charge in [-0.1, -0.05) is 30.0 Å². The third-order valence-electron chi connectivity index (χ3n) is 3.31. The molecule has 0 saturated carbocycles. The van der Waals surface area contributed by atoms with Crippen LogP contribution in [0.1, 0.15) is 17.9 Å². The number of tetrazole rings is 1. The number of nitrogens with zero attached hydrogens (tertiary/aromatic N) is 4. The van der Waals surface area contributed by atoms with Gasteiger partial charge in [0.05, 0.1) is 19.8 Å². The van der Waals surface area contributed by atoms with Crippen LogP contribution in [-0.2, 0) is 6.54 Å². The minimum atomic E-state index is 0.0404. The summed E-state index contributed by atoms with van der Waals surface area (Å²) in [6.45, 7) is 1.22. The summed E-state index contributed by atoms with van der Waals surface area (Å²) in [5.41, 5.74) is 1.26. The number of thioether (sulfide) groups is 1. The molecule has 0 spiro atoms. The number of ether oxygens (including phenoxy) is 1. The van der Waals surface area contributed by atoms with E-state index in [0.29, 0.717) is 12.5 Å². The molecular formula is C13H16N4O2S. The lowest BCUT2D eigenvalue weighted by atomic mass is 9.95. The highest BCUT2D eigenvalue weighted by atomic mass is 32.2. The molecule has 2 aromatic rings. The molecule has 20 heavy (non-hydrogen) atoms. The molecule has 0 aliphatic carbocycles. The summed E-state index contributed by atoms with van der Waals surface area (Å²) in [4.78, 5) is 0. The number of hydrogen-bond acceptors (Lipinski definition) is 6. The maximum Gasteiger partial charge on any atom is 0.209 e. The van der Waals surface area contributed by atoms with Gasteiger partial charge in [-0.25, -0.2) is 4.68 Å². The molecule has 1 unspecified atom stereocenters. The van der Waals surface area contributed by atoms with Crippen molar-refractivity contribution in [3.05, 3.63) is 29.8 Å². The van der Waals surface area contributed by atoms with Crippen LogP contribution in [0.25, 0.3) is 0 Å². The van der Waals surface area contributed by atoms with Crippen LogP contribution >= 0.6 is 11.8 Å². The molecule has 0 amide bonds. The van der Waals surface area contributed by atoms with E-state index in [1.54, 1.807) is 16.4 Å². The molecule has 1 aliphatic heterocycles. The smallest absolute Gasteiger partial charge is 0.209 e. The first-order valence-electron chi connectivity index (χ1n) is 6.60. The molecule has 0 saturated heterocycles. The summed E-state index contributed by atoms with van der Waals surface area (Å²) < 4.78 is 7.30. The molecule has 1 aliphatic rings. The number of benzene rings is 1. The Labute approximate surface area is 121 Å². The van der Waals surface area contributed by atoms with Gasteiger partial charge in [-0.15, -0.1) is 5.10 Å². The monoisotopic (exact) mass is 292 g/mol. The van der Waals surface area contributed by atoms with Gasteiger partial charge in [0.15, 0.2) is 0 Å². The van der Waals surface area contributed by atoms with E-state index in [4.69, 9.17) is 9.84 Å². The fourth-order valence-corrected chi connectivity index (χ4v) is 3.37. The van der Waals surface area contributed by atoms with Crippen molar-refractivity contribution >= 4 is 11.8 Å². The lowest BCUT2D eigenvalue weighted by Gasteiger charge is -2.25. The summed E-state index contributed by atoms with van der Waals surface area (Å²) in [7, 11) is 0. The summed E-state index contributed by atoms with van der Waals surface area (Å²) in [5.74, 6) is 2.34. The van der Waals surface area contributed by atoms with Crippen LogP contribution in [0, 0.1) is 0 Å². The molecule has 6 nitrogen and oxygen atoms in total. The van der Waals surface area contributed by atoms with Crippen molar-refractivity contribution in [1.29, 1.82) is 0 Å². The molecule has 1 N–H and O–H groups in total. The number of fused-ring (bicyclic) bond motifs is 1. The second kappa shape index (κ2) is 6.23. The van der Waals surface area contributed by atoms with Gasteiger partial charge in [0.25, 0.3) is 0 Å². The molecule has 0 bridgehead atoms. The largest absolute Gasteiger partial charge is 0.493 e. The Kier molecular flexibility index (Phi) is 4.17. The highest BCUT2D eigenvalue weighted by Crippen LogP contribution is 2.36. The molecule has 0 fully saturated rings. The van der Waals surface area contributed by atoms with Crippen molar-refractivity contribution in [1.82, 2.24) is 20.2 Å². The first kappa shape index (κ1) is 13.4. The predicted octanol–water partition coefficient (Wildman–Crippen LogP) is 1.32. The number of para-hydroxylation sites is 1. The Balaban J connectivity index is 1.69. The van der Waals surface area contributed by atoms with E-state index in [1.165, 1.54) is 5.56 Å². The summed E-state index contributed by atoms with van der Waals surface area (Å²) in [6, 6.07) is 8.18. The molecule has 1 atom stereocenters. The molecule has 3 rings (SSSR count). The Morgan fingerprint density at radius 3 is 3.20 bits per heavy atom. The van der Waals surface area contributed by atoms with Crippen LogP contribution in [0.15, 0.2) is 29.4 Å². The van der Waals surface area contributed by atoms with Gasteiger partial charge in [-0.2, -0.15) is 0 Å². The molecular weight excluding hydrogens is 276 g/mol. The molecule has 2 heterocycles. The van der Waals surface area contributed by atoms with Crippen molar-refractivity contribution in [2.45, 2.75) is 24.0 Å². The zero-order valence-electron chi connectivity index (χ0n) is 11.0. The molecule has 1 aromatic carbocycles. The highest BCUT2D eigenvalue weighted by molar-refractivity contribution is 7.99. The van der Waals surface area contributed by atoms with Gasteiger partial charge in [0, 0.05) is 11.7 Å². The Morgan fingerprint density at radius 1 is 1.40 bits per heavy atom. The number of hydrogen-bond donors (Lipinski definition) is 1. The first-order valence-corrected chi connectivity index (χ1v) is 7.58. The third kappa shape index (κ3) is 2.78. The van der Waals surface area contributed by atoms with Gasteiger partial charge >= 0.3 is 0 Å². The number of aliphatic hydroxyl groups is 1. The normalized spacial score (nSPS) is 17.6. The summed E-state index contributed by atoms with van der Waals surface area (Å²) in [5, 5.41) is 21.2. The van der Waals surface area contributed by atoms with Crippen LogP contribution in [0.2, 0.25) is 0 Å². The van der Waals surface area contributed by atoms with E-state index >= 15 is 0 Å². The van der Waals surface area contributed by atoms with Crippen LogP contribution in [-0.4, -0.2) is 44.3 Å². The number of aromatic nitrogens is 4. The van der Waals surface area contributed by atoms with Crippen LogP contribution in [0.3, 0.4) is 0 Å². The van der Waals surface area contributed by atoms with Crippen molar-refractivity contribution in [3.63, 3.8) is 0 Å². The van der Waals surface area contributed by atoms with Crippen molar-refractivity contribution in [2.75, 3.05) is 19.0 Å². The average Bonchev–Trinajstić information content (AvgIpc) is 2.93. The third-order valence-corrected chi connectivity index (χ3v) is 4.43. The van der Waals surface area contributed by atoms with Crippen molar-refractivity contribution in [2.24, 2.45) is 0 Å². The zero-order valence-corrected chi connectivity index (χ0v) is 11.8. The predicted molar refractivity (Wildman–Crippen MR) is 74.9 cm³/mol. The van der Waals surface area contributed by atoms with E-state index in [0.717, 1.165) is 29.7 Å². The molecule has 106 valence electrons. The standard InChI is InChI=1S/C13H16N4O2S/c18-7-6-17-13(14-15-16-17)20-9-10-5-8-19-12-4-2-1-3-11(10)12/h1-4,10,18H,5-9H2. The van der Waals surface area contributed by atoms with E-state index < -0.39 is 0 Å². The highest BCUT2D eigenvalue weighted by Gasteiger charge is 2.22. The van der Waals surface area contributed by atoms with Crippen LogP contribution < -0.4 is 4.74 Å². The van der Waals surface area contributed by atoms with Gasteiger partial charge in [-0.05, 0) is 28.5 Å². The van der Waals surface area contributed by atoms with Gasteiger partial charge in [0.1, 0.15) is 5.75 Å². The zero-order chi connectivity index (χ0) is 13.8. The Hall–Kier alpha value is -1.60. The van der Waals surface area contributed by atoms with Gasteiger partial charge in [0.2, 0.25) is 5.16 Å². The number of aliphatic hydroxyl groups excluding tert-OH is 1. The van der Waals surface area contributed by atoms with E-state index in [2.05, 4.69) is 21.6 Å². The average molecular weight is 292 g/mol. The molecule has 1 aromatic heterocycles. The van der Waals surface area contributed by atoms with Crippen LogP contribution in [0.4, 0.5) is 0 Å². The quantitative estimate of drug-likeness (QED) is 0.838. The molecule has 0 radical (unpaired) electrons. The van der Waals surface area contributed by atoms with E-state index in [-0.39, 0.29) is 6.61 Å². The van der Waals surface area contributed by atoms with E-state index in [9.17, 15) is 0 Å². The Bertz CT molecular complexity index is 575. The fourth-order valence-electron chi connectivity index (χ4n) is 2.30.